The van der Waals surface area contributed by atoms with Crippen LogP contribution in [0.25, 0.3) is 5.65 Å². The Morgan fingerprint density at radius 3 is 2.88 bits per heavy atom. The first-order chi connectivity index (χ1) is 11.7. The number of pyridine rings is 1. The lowest BCUT2D eigenvalue weighted by Crippen LogP contribution is -2.43. The highest BCUT2D eigenvalue weighted by atomic mass is 16.2. The average molecular weight is 320 g/mol. The van der Waals surface area contributed by atoms with Crippen LogP contribution in [0.5, 0.6) is 0 Å². The fraction of sp³-hybridized carbons (Fsp3) is 0.316. The van der Waals surface area contributed by atoms with Crippen molar-refractivity contribution in [3.8, 4) is 0 Å². The van der Waals surface area contributed by atoms with Gasteiger partial charge in [-0.2, -0.15) is 0 Å². The van der Waals surface area contributed by atoms with Crippen LogP contribution in [0.15, 0.2) is 42.6 Å². The second kappa shape index (κ2) is 5.74. The Morgan fingerprint density at radius 2 is 2.04 bits per heavy atom. The number of benzene rings is 1. The minimum atomic E-state index is 0.0454. The summed E-state index contributed by atoms with van der Waals surface area (Å²) in [5.74, 6) is 0.828. The summed E-state index contributed by atoms with van der Waals surface area (Å²) < 4.78 is 1.87. The van der Waals surface area contributed by atoms with E-state index in [0.717, 1.165) is 36.4 Å². The van der Waals surface area contributed by atoms with Gasteiger partial charge in [0.2, 0.25) is 0 Å². The van der Waals surface area contributed by atoms with Gasteiger partial charge in [0.05, 0.1) is 5.56 Å². The number of fused-ring (bicyclic) bond motifs is 2. The molecule has 3 heterocycles. The molecule has 2 aromatic heterocycles. The summed E-state index contributed by atoms with van der Waals surface area (Å²) in [6.07, 6.45) is 4.83. The van der Waals surface area contributed by atoms with Crippen molar-refractivity contribution in [3.63, 3.8) is 0 Å². The Bertz CT molecular complexity index is 915. The van der Waals surface area contributed by atoms with Gasteiger partial charge in [-0.25, -0.2) is 0 Å². The molecule has 1 aliphatic rings. The van der Waals surface area contributed by atoms with Gasteiger partial charge >= 0.3 is 0 Å². The standard InChI is InChI=1S/C19H20N4O/c1-3-16-10-8-14-6-4-5-7-17(14)23(16)19(24)15-9-11-18-21-20-13(2)22(18)12-15/h4-7,9,11-12,16H,3,8,10H2,1-2H3/t16-/m1/s1. The predicted octanol–water partition coefficient (Wildman–Crippen LogP) is 3.41. The smallest absolute Gasteiger partial charge is 0.260 e. The Hall–Kier alpha value is -2.69. The molecule has 0 aliphatic carbocycles. The Kier molecular flexibility index (Phi) is 3.56. The zero-order valence-corrected chi connectivity index (χ0v) is 13.9. The van der Waals surface area contributed by atoms with E-state index in [0.29, 0.717) is 5.56 Å². The molecule has 5 heteroatoms. The largest absolute Gasteiger partial charge is 0.305 e. The van der Waals surface area contributed by atoms with E-state index in [2.05, 4.69) is 29.3 Å². The van der Waals surface area contributed by atoms with Crippen LogP contribution >= 0.6 is 0 Å². The van der Waals surface area contributed by atoms with Gasteiger partial charge in [0.25, 0.3) is 5.91 Å². The first kappa shape index (κ1) is 14.9. The zero-order chi connectivity index (χ0) is 16.7. The molecule has 0 fully saturated rings. The lowest BCUT2D eigenvalue weighted by atomic mass is 9.93. The van der Waals surface area contributed by atoms with Crippen molar-refractivity contribution in [1.29, 1.82) is 0 Å². The number of amides is 1. The third-order valence-corrected chi connectivity index (χ3v) is 4.87. The maximum absolute atomic E-state index is 13.3. The fourth-order valence-electron chi connectivity index (χ4n) is 3.54. The van der Waals surface area contributed by atoms with Crippen LogP contribution in [0.2, 0.25) is 0 Å². The highest BCUT2D eigenvalue weighted by Gasteiger charge is 2.30. The van der Waals surface area contributed by atoms with Gasteiger partial charge in [0.1, 0.15) is 5.82 Å². The van der Waals surface area contributed by atoms with Crippen molar-refractivity contribution in [1.82, 2.24) is 14.6 Å². The molecule has 0 saturated carbocycles. The molecule has 0 bridgehead atoms. The first-order valence-electron chi connectivity index (χ1n) is 8.42. The summed E-state index contributed by atoms with van der Waals surface area (Å²) in [5.41, 5.74) is 3.72. The molecule has 1 amide bonds. The minimum Gasteiger partial charge on any atom is -0.305 e. The molecule has 1 atom stereocenters. The topological polar surface area (TPSA) is 50.5 Å². The number of para-hydroxylation sites is 1. The van der Waals surface area contributed by atoms with E-state index in [1.165, 1.54) is 5.56 Å². The lowest BCUT2D eigenvalue weighted by molar-refractivity contribution is 0.0971. The van der Waals surface area contributed by atoms with Gasteiger partial charge in [-0.15, -0.1) is 10.2 Å². The van der Waals surface area contributed by atoms with Crippen molar-refractivity contribution in [3.05, 3.63) is 59.5 Å². The molecule has 1 aliphatic heterocycles. The monoisotopic (exact) mass is 320 g/mol. The van der Waals surface area contributed by atoms with E-state index in [1.54, 1.807) is 0 Å². The van der Waals surface area contributed by atoms with Crippen LogP contribution in [0.3, 0.4) is 0 Å². The maximum Gasteiger partial charge on any atom is 0.260 e. The van der Waals surface area contributed by atoms with Crippen molar-refractivity contribution in [2.24, 2.45) is 0 Å². The molecule has 0 radical (unpaired) electrons. The molecule has 1 aromatic carbocycles. The van der Waals surface area contributed by atoms with Crippen LogP contribution in [-0.4, -0.2) is 26.5 Å². The molecule has 122 valence electrons. The second-order valence-corrected chi connectivity index (χ2v) is 6.30. The highest BCUT2D eigenvalue weighted by Crippen LogP contribution is 2.33. The highest BCUT2D eigenvalue weighted by molar-refractivity contribution is 6.07. The first-order valence-corrected chi connectivity index (χ1v) is 8.42. The van der Waals surface area contributed by atoms with Crippen LogP contribution in [0, 0.1) is 6.92 Å². The van der Waals surface area contributed by atoms with Crippen molar-refractivity contribution >= 4 is 17.2 Å². The molecule has 0 unspecified atom stereocenters. The number of anilines is 1. The number of nitrogens with zero attached hydrogens (tertiary/aromatic N) is 4. The summed E-state index contributed by atoms with van der Waals surface area (Å²) in [5, 5.41) is 8.15. The molecule has 0 saturated heterocycles. The molecule has 0 N–H and O–H groups in total. The number of carbonyl (C=O) groups is 1. The molecule has 0 spiro atoms. The maximum atomic E-state index is 13.3. The molecular formula is C19H20N4O. The van der Waals surface area contributed by atoms with Crippen LogP contribution in [0.1, 0.15) is 41.5 Å². The normalized spacial score (nSPS) is 17.1. The van der Waals surface area contributed by atoms with Crippen LogP contribution in [0.4, 0.5) is 5.69 Å². The fourth-order valence-corrected chi connectivity index (χ4v) is 3.54. The van der Waals surface area contributed by atoms with Crippen molar-refractivity contribution in [2.75, 3.05) is 4.90 Å². The van der Waals surface area contributed by atoms with Crippen molar-refractivity contribution in [2.45, 2.75) is 39.2 Å². The molecule has 5 nitrogen and oxygen atoms in total. The Balaban J connectivity index is 1.80. The lowest BCUT2D eigenvalue weighted by Gasteiger charge is -2.37. The van der Waals surface area contributed by atoms with E-state index >= 15 is 0 Å². The summed E-state index contributed by atoms with van der Waals surface area (Å²) >= 11 is 0. The summed E-state index contributed by atoms with van der Waals surface area (Å²) in [4.78, 5) is 15.3. The predicted molar refractivity (Wildman–Crippen MR) is 93.4 cm³/mol. The summed E-state index contributed by atoms with van der Waals surface area (Å²) in [7, 11) is 0. The van der Waals surface area contributed by atoms with Crippen LogP contribution in [-0.2, 0) is 6.42 Å². The third-order valence-electron chi connectivity index (χ3n) is 4.87. The second-order valence-electron chi connectivity index (χ2n) is 6.30. The number of hydrogen-bond acceptors (Lipinski definition) is 3. The minimum absolute atomic E-state index is 0.0454. The van der Waals surface area contributed by atoms with E-state index in [1.807, 2.05) is 46.7 Å². The Labute approximate surface area is 140 Å². The van der Waals surface area contributed by atoms with Gasteiger partial charge < -0.3 is 4.90 Å². The molecule has 24 heavy (non-hydrogen) atoms. The van der Waals surface area contributed by atoms with E-state index in [9.17, 15) is 4.79 Å². The van der Waals surface area contributed by atoms with E-state index in [4.69, 9.17) is 0 Å². The van der Waals surface area contributed by atoms with Gasteiger partial charge in [0.15, 0.2) is 5.65 Å². The summed E-state index contributed by atoms with van der Waals surface area (Å²) in [6.45, 7) is 4.03. The SMILES string of the molecule is CC[C@@H]1CCc2ccccc2N1C(=O)c1ccc2nnc(C)n2c1. The quantitative estimate of drug-likeness (QED) is 0.727. The molecule has 4 rings (SSSR count). The average Bonchev–Trinajstić information content (AvgIpc) is 3.00. The van der Waals surface area contributed by atoms with Crippen LogP contribution < -0.4 is 4.90 Å². The zero-order valence-electron chi connectivity index (χ0n) is 13.9. The van der Waals surface area contributed by atoms with Gasteiger partial charge in [0, 0.05) is 17.9 Å². The number of hydrogen-bond donors (Lipinski definition) is 0. The van der Waals surface area contributed by atoms with E-state index < -0.39 is 0 Å². The van der Waals surface area contributed by atoms with E-state index in [-0.39, 0.29) is 11.9 Å². The van der Waals surface area contributed by atoms with Crippen molar-refractivity contribution < 1.29 is 4.79 Å². The molecular weight excluding hydrogens is 300 g/mol. The van der Waals surface area contributed by atoms with Gasteiger partial charge in [-0.3, -0.25) is 9.20 Å². The van der Waals surface area contributed by atoms with Gasteiger partial charge in [-0.05, 0) is 49.9 Å². The Morgan fingerprint density at radius 1 is 1.21 bits per heavy atom. The number of rotatable bonds is 2. The summed E-state index contributed by atoms with van der Waals surface area (Å²) in [6, 6.07) is 12.2. The number of aryl methyl sites for hydroxylation is 2. The number of aromatic nitrogens is 3. The number of carbonyl (C=O) groups excluding carboxylic acids is 1. The molecule has 3 aromatic rings. The van der Waals surface area contributed by atoms with Gasteiger partial charge in [-0.1, -0.05) is 25.1 Å². The third kappa shape index (κ3) is 2.28.